The van der Waals surface area contributed by atoms with Gasteiger partial charge in [-0.3, -0.25) is 0 Å². The summed E-state index contributed by atoms with van der Waals surface area (Å²) in [7, 11) is 3.42. The van der Waals surface area contributed by atoms with Crippen LogP contribution in [0.3, 0.4) is 0 Å². The second kappa shape index (κ2) is 6.41. The van der Waals surface area contributed by atoms with Gasteiger partial charge in [0.2, 0.25) is 0 Å². The fourth-order valence-corrected chi connectivity index (χ4v) is 2.78. The van der Waals surface area contributed by atoms with Crippen LogP contribution < -0.4 is 10.1 Å². The SMILES string of the molecule is COCCC(C)(C)CNc1nc2ccc(OC)cc2s1. The summed E-state index contributed by atoms with van der Waals surface area (Å²) in [5, 5.41) is 4.39. The van der Waals surface area contributed by atoms with Gasteiger partial charge in [-0.2, -0.15) is 0 Å². The Morgan fingerprint density at radius 2 is 2.10 bits per heavy atom. The third-order valence-corrected chi connectivity index (χ3v) is 4.27. The number of ether oxygens (including phenoxy) is 2. The molecule has 2 rings (SSSR count). The molecule has 1 heterocycles. The zero-order chi connectivity index (χ0) is 14.6. The van der Waals surface area contributed by atoms with Gasteiger partial charge >= 0.3 is 0 Å². The first-order valence-corrected chi connectivity index (χ1v) is 7.53. The van der Waals surface area contributed by atoms with Crippen molar-refractivity contribution >= 4 is 26.7 Å². The minimum atomic E-state index is 0.186. The zero-order valence-corrected chi connectivity index (χ0v) is 13.3. The van der Waals surface area contributed by atoms with Gasteiger partial charge in [-0.15, -0.1) is 0 Å². The summed E-state index contributed by atoms with van der Waals surface area (Å²) in [4.78, 5) is 4.59. The van der Waals surface area contributed by atoms with E-state index < -0.39 is 0 Å². The van der Waals surface area contributed by atoms with Gasteiger partial charge in [0.05, 0.1) is 17.3 Å². The first-order valence-electron chi connectivity index (χ1n) is 6.71. The second-order valence-electron chi connectivity index (χ2n) is 5.61. The van der Waals surface area contributed by atoms with E-state index in [2.05, 4.69) is 24.1 Å². The molecule has 1 N–H and O–H groups in total. The molecule has 20 heavy (non-hydrogen) atoms. The Hall–Kier alpha value is -1.33. The Bertz CT molecular complexity index is 566. The molecule has 0 amide bonds. The zero-order valence-electron chi connectivity index (χ0n) is 12.5. The summed E-state index contributed by atoms with van der Waals surface area (Å²) in [5.74, 6) is 0.869. The lowest BCUT2D eigenvalue weighted by atomic mass is 9.90. The van der Waals surface area contributed by atoms with E-state index in [9.17, 15) is 0 Å². The number of hydrogen-bond acceptors (Lipinski definition) is 5. The van der Waals surface area contributed by atoms with Crippen LogP contribution in [0.5, 0.6) is 5.75 Å². The maximum Gasteiger partial charge on any atom is 0.183 e. The Morgan fingerprint density at radius 3 is 2.80 bits per heavy atom. The van der Waals surface area contributed by atoms with Crippen molar-refractivity contribution < 1.29 is 9.47 Å². The van der Waals surface area contributed by atoms with E-state index >= 15 is 0 Å². The Balaban J connectivity index is 2.03. The van der Waals surface area contributed by atoms with E-state index in [1.807, 2.05) is 18.2 Å². The highest BCUT2D eigenvalue weighted by molar-refractivity contribution is 7.22. The third kappa shape index (κ3) is 3.84. The molecule has 0 aliphatic rings. The summed E-state index contributed by atoms with van der Waals surface area (Å²) in [6, 6.07) is 5.95. The molecule has 110 valence electrons. The van der Waals surface area contributed by atoms with Crippen LogP contribution in [-0.2, 0) is 4.74 Å². The minimum absolute atomic E-state index is 0.186. The first kappa shape index (κ1) is 15.1. The number of aromatic nitrogens is 1. The van der Waals surface area contributed by atoms with Crippen molar-refractivity contribution in [3.8, 4) is 5.75 Å². The van der Waals surface area contributed by atoms with Gasteiger partial charge in [0, 0.05) is 20.3 Å². The first-order chi connectivity index (χ1) is 9.54. The molecule has 2 aromatic rings. The Kier molecular flexibility index (Phi) is 4.83. The Morgan fingerprint density at radius 1 is 1.30 bits per heavy atom. The smallest absolute Gasteiger partial charge is 0.183 e. The maximum absolute atomic E-state index is 5.23. The average molecular weight is 294 g/mol. The Labute approximate surface area is 124 Å². The highest BCUT2D eigenvalue weighted by atomic mass is 32.1. The molecule has 0 radical (unpaired) electrons. The van der Waals surface area contributed by atoms with Crippen molar-refractivity contribution in [2.75, 3.05) is 32.7 Å². The monoisotopic (exact) mass is 294 g/mol. The molecule has 0 aliphatic carbocycles. The van der Waals surface area contributed by atoms with Crippen molar-refractivity contribution in [3.05, 3.63) is 18.2 Å². The van der Waals surface area contributed by atoms with Crippen LogP contribution in [0.1, 0.15) is 20.3 Å². The normalized spacial score (nSPS) is 11.8. The molecule has 5 heteroatoms. The lowest BCUT2D eigenvalue weighted by Gasteiger charge is -2.24. The van der Waals surface area contributed by atoms with Crippen LogP contribution in [0.4, 0.5) is 5.13 Å². The lowest BCUT2D eigenvalue weighted by molar-refractivity contribution is 0.157. The molecular formula is C15H22N2O2S. The predicted octanol–water partition coefficient (Wildman–Crippen LogP) is 3.78. The highest BCUT2D eigenvalue weighted by Crippen LogP contribution is 2.30. The standard InChI is InChI=1S/C15H22N2O2S/c1-15(2,7-8-18-3)10-16-14-17-12-6-5-11(19-4)9-13(12)20-14/h5-6,9H,7-8,10H2,1-4H3,(H,16,17). The van der Waals surface area contributed by atoms with E-state index in [1.165, 1.54) is 0 Å². The van der Waals surface area contributed by atoms with Gasteiger partial charge in [-0.05, 0) is 30.0 Å². The van der Waals surface area contributed by atoms with Gasteiger partial charge in [-0.25, -0.2) is 4.98 Å². The van der Waals surface area contributed by atoms with Gasteiger partial charge < -0.3 is 14.8 Å². The molecule has 1 aromatic carbocycles. The van der Waals surface area contributed by atoms with Crippen LogP contribution in [-0.4, -0.2) is 32.4 Å². The maximum atomic E-state index is 5.23. The fraction of sp³-hybridized carbons (Fsp3) is 0.533. The number of anilines is 1. The quantitative estimate of drug-likeness (QED) is 0.844. The third-order valence-electron chi connectivity index (χ3n) is 3.30. The largest absolute Gasteiger partial charge is 0.497 e. The summed E-state index contributed by atoms with van der Waals surface area (Å²) in [5.41, 5.74) is 1.19. The number of hydrogen-bond donors (Lipinski definition) is 1. The molecule has 0 aliphatic heterocycles. The summed E-state index contributed by atoms with van der Waals surface area (Å²) in [6.45, 7) is 6.13. The molecule has 0 unspecified atom stereocenters. The number of methoxy groups -OCH3 is 2. The van der Waals surface area contributed by atoms with Crippen molar-refractivity contribution in [2.24, 2.45) is 5.41 Å². The van der Waals surface area contributed by atoms with Crippen molar-refractivity contribution in [1.82, 2.24) is 4.98 Å². The van der Waals surface area contributed by atoms with Crippen LogP contribution in [0.25, 0.3) is 10.2 Å². The van der Waals surface area contributed by atoms with Crippen molar-refractivity contribution in [2.45, 2.75) is 20.3 Å². The molecule has 0 saturated heterocycles. The van der Waals surface area contributed by atoms with Crippen molar-refractivity contribution in [3.63, 3.8) is 0 Å². The summed E-state index contributed by atoms with van der Waals surface area (Å²) in [6.07, 6.45) is 1.02. The van der Waals surface area contributed by atoms with Gasteiger partial charge in [0.25, 0.3) is 0 Å². The van der Waals surface area contributed by atoms with Crippen LogP contribution in [0, 0.1) is 5.41 Å². The van der Waals surface area contributed by atoms with E-state index in [-0.39, 0.29) is 5.41 Å². The second-order valence-corrected chi connectivity index (χ2v) is 6.64. The highest BCUT2D eigenvalue weighted by Gasteiger charge is 2.18. The summed E-state index contributed by atoms with van der Waals surface area (Å²) < 4.78 is 11.5. The van der Waals surface area contributed by atoms with Crippen LogP contribution in [0.15, 0.2) is 18.2 Å². The summed E-state index contributed by atoms with van der Waals surface area (Å²) >= 11 is 1.66. The van der Waals surface area contributed by atoms with Gasteiger partial charge in [0.15, 0.2) is 5.13 Å². The number of benzene rings is 1. The van der Waals surface area contributed by atoms with E-state index in [0.717, 1.165) is 40.7 Å². The van der Waals surface area contributed by atoms with Crippen LogP contribution in [0.2, 0.25) is 0 Å². The van der Waals surface area contributed by atoms with Crippen LogP contribution >= 0.6 is 11.3 Å². The van der Waals surface area contributed by atoms with E-state index in [4.69, 9.17) is 9.47 Å². The molecule has 0 bridgehead atoms. The number of rotatable bonds is 7. The molecule has 4 nitrogen and oxygen atoms in total. The number of fused-ring (bicyclic) bond motifs is 1. The van der Waals surface area contributed by atoms with Gasteiger partial charge in [-0.1, -0.05) is 25.2 Å². The molecule has 0 spiro atoms. The number of nitrogens with zero attached hydrogens (tertiary/aromatic N) is 1. The molecule has 0 fully saturated rings. The predicted molar refractivity (Wildman–Crippen MR) is 84.9 cm³/mol. The number of nitrogens with one attached hydrogen (secondary N) is 1. The van der Waals surface area contributed by atoms with Crippen molar-refractivity contribution in [1.29, 1.82) is 0 Å². The number of thiazole rings is 1. The average Bonchev–Trinajstić information content (AvgIpc) is 2.85. The van der Waals surface area contributed by atoms with E-state index in [0.29, 0.717) is 0 Å². The molecular weight excluding hydrogens is 272 g/mol. The molecule has 0 saturated carbocycles. The fourth-order valence-electron chi connectivity index (χ4n) is 1.89. The lowest BCUT2D eigenvalue weighted by Crippen LogP contribution is -2.24. The molecule has 0 atom stereocenters. The topological polar surface area (TPSA) is 43.4 Å². The van der Waals surface area contributed by atoms with E-state index in [1.54, 1.807) is 25.6 Å². The minimum Gasteiger partial charge on any atom is -0.497 e. The molecule has 1 aromatic heterocycles. The van der Waals surface area contributed by atoms with Gasteiger partial charge in [0.1, 0.15) is 5.75 Å².